The third-order valence-electron chi connectivity index (χ3n) is 2.44. The van der Waals surface area contributed by atoms with Gasteiger partial charge in [-0.05, 0) is 32.9 Å². The van der Waals surface area contributed by atoms with E-state index < -0.39 is 0 Å². The highest BCUT2D eigenvalue weighted by Crippen LogP contribution is 2.27. The predicted molar refractivity (Wildman–Crippen MR) is 57.2 cm³/mol. The molecule has 0 atom stereocenters. The molecule has 1 amide bonds. The highest BCUT2D eigenvalue weighted by molar-refractivity contribution is 5.77. The van der Waals surface area contributed by atoms with Crippen molar-refractivity contribution in [2.24, 2.45) is 5.92 Å². The van der Waals surface area contributed by atoms with Crippen molar-refractivity contribution in [1.29, 1.82) is 0 Å². The third kappa shape index (κ3) is 5.19. The van der Waals surface area contributed by atoms with Crippen LogP contribution in [0.2, 0.25) is 0 Å². The standard InChI is InChI=1S/C10H21N3O/c1-11-5-6-13(2)8-10(14)12-7-9-3-4-9/h9,11H,3-8H2,1-2H3,(H,12,14). The van der Waals surface area contributed by atoms with E-state index in [1.54, 1.807) is 0 Å². The lowest BCUT2D eigenvalue weighted by molar-refractivity contribution is -0.122. The van der Waals surface area contributed by atoms with Gasteiger partial charge >= 0.3 is 0 Å². The van der Waals surface area contributed by atoms with Crippen LogP contribution in [0.3, 0.4) is 0 Å². The van der Waals surface area contributed by atoms with Crippen molar-refractivity contribution in [2.45, 2.75) is 12.8 Å². The minimum atomic E-state index is 0.149. The molecular formula is C10H21N3O. The van der Waals surface area contributed by atoms with Crippen LogP contribution in [0, 0.1) is 5.92 Å². The predicted octanol–water partition coefficient (Wildman–Crippen LogP) is -0.336. The van der Waals surface area contributed by atoms with Crippen molar-refractivity contribution in [3.63, 3.8) is 0 Å². The van der Waals surface area contributed by atoms with Crippen LogP contribution in [0.1, 0.15) is 12.8 Å². The Hall–Kier alpha value is -0.610. The molecule has 4 heteroatoms. The number of hydrogen-bond donors (Lipinski definition) is 2. The van der Waals surface area contributed by atoms with Crippen LogP contribution in [-0.4, -0.2) is 51.1 Å². The summed E-state index contributed by atoms with van der Waals surface area (Å²) < 4.78 is 0. The molecule has 1 fully saturated rings. The van der Waals surface area contributed by atoms with E-state index in [-0.39, 0.29) is 5.91 Å². The lowest BCUT2D eigenvalue weighted by Gasteiger charge is -2.15. The highest BCUT2D eigenvalue weighted by Gasteiger charge is 2.21. The van der Waals surface area contributed by atoms with Crippen LogP contribution in [0.4, 0.5) is 0 Å². The van der Waals surface area contributed by atoms with E-state index in [2.05, 4.69) is 10.6 Å². The smallest absolute Gasteiger partial charge is 0.234 e. The number of likely N-dealkylation sites (N-methyl/N-ethyl adjacent to an activating group) is 2. The highest BCUT2D eigenvalue weighted by atomic mass is 16.2. The van der Waals surface area contributed by atoms with Crippen LogP contribution in [0.5, 0.6) is 0 Å². The monoisotopic (exact) mass is 199 g/mol. The number of carbonyl (C=O) groups is 1. The normalized spacial score (nSPS) is 15.9. The lowest BCUT2D eigenvalue weighted by Crippen LogP contribution is -2.38. The molecular weight excluding hydrogens is 178 g/mol. The van der Waals surface area contributed by atoms with Crippen LogP contribution in [0.25, 0.3) is 0 Å². The first-order valence-corrected chi connectivity index (χ1v) is 5.32. The van der Waals surface area contributed by atoms with E-state index in [4.69, 9.17) is 0 Å². The largest absolute Gasteiger partial charge is 0.355 e. The molecule has 0 aromatic heterocycles. The Bertz CT molecular complexity index is 180. The number of amides is 1. The Kier molecular flexibility index (Phi) is 4.90. The van der Waals surface area contributed by atoms with Gasteiger partial charge in [-0.2, -0.15) is 0 Å². The van der Waals surface area contributed by atoms with Gasteiger partial charge < -0.3 is 10.6 Å². The summed E-state index contributed by atoms with van der Waals surface area (Å²) >= 11 is 0. The third-order valence-corrected chi connectivity index (χ3v) is 2.44. The fraction of sp³-hybridized carbons (Fsp3) is 0.900. The first-order valence-electron chi connectivity index (χ1n) is 5.32. The van der Waals surface area contributed by atoms with E-state index in [1.807, 2.05) is 19.0 Å². The first kappa shape index (κ1) is 11.5. The maximum absolute atomic E-state index is 11.4. The van der Waals surface area contributed by atoms with Gasteiger partial charge in [0, 0.05) is 19.6 Å². The molecule has 4 nitrogen and oxygen atoms in total. The summed E-state index contributed by atoms with van der Waals surface area (Å²) in [6, 6.07) is 0. The Morgan fingerprint density at radius 1 is 1.50 bits per heavy atom. The van der Waals surface area contributed by atoms with Gasteiger partial charge in [0.2, 0.25) is 5.91 Å². The van der Waals surface area contributed by atoms with Crippen LogP contribution in [0.15, 0.2) is 0 Å². The molecule has 14 heavy (non-hydrogen) atoms. The molecule has 0 aliphatic heterocycles. The van der Waals surface area contributed by atoms with Crippen molar-refractivity contribution >= 4 is 5.91 Å². The zero-order valence-electron chi connectivity index (χ0n) is 9.18. The summed E-state index contributed by atoms with van der Waals surface area (Å²) in [5.41, 5.74) is 0. The number of rotatable bonds is 7. The second kappa shape index (κ2) is 5.98. The molecule has 2 N–H and O–H groups in total. The van der Waals surface area contributed by atoms with Crippen LogP contribution >= 0.6 is 0 Å². The summed E-state index contributed by atoms with van der Waals surface area (Å²) in [6.45, 7) is 3.22. The van der Waals surface area contributed by atoms with Gasteiger partial charge in [-0.15, -0.1) is 0 Å². The Balaban J connectivity index is 1.99. The molecule has 0 unspecified atom stereocenters. The molecule has 0 saturated heterocycles. The van der Waals surface area contributed by atoms with E-state index >= 15 is 0 Å². The van der Waals surface area contributed by atoms with Crippen LogP contribution in [-0.2, 0) is 4.79 Å². The lowest BCUT2D eigenvalue weighted by atomic mass is 10.4. The fourth-order valence-corrected chi connectivity index (χ4v) is 1.26. The second-order valence-corrected chi connectivity index (χ2v) is 4.09. The summed E-state index contributed by atoms with van der Waals surface area (Å²) in [5, 5.41) is 6.01. The van der Waals surface area contributed by atoms with Gasteiger partial charge in [0.05, 0.1) is 6.54 Å². The molecule has 1 aliphatic carbocycles. The minimum absolute atomic E-state index is 0.149. The first-order chi connectivity index (χ1) is 6.72. The Labute approximate surface area is 86.0 Å². The van der Waals surface area contributed by atoms with Crippen molar-refractivity contribution in [3.05, 3.63) is 0 Å². The second-order valence-electron chi connectivity index (χ2n) is 4.09. The molecule has 0 spiro atoms. The maximum atomic E-state index is 11.4. The van der Waals surface area contributed by atoms with Crippen molar-refractivity contribution in [1.82, 2.24) is 15.5 Å². The molecule has 1 saturated carbocycles. The SMILES string of the molecule is CNCCN(C)CC(=O)NCC1CC1. The number of carbonyl (C=O) groups excluding carboxylic acids is 1. The van der Waals surface area contributed by atoms with Gasteiger partial charge in [-0.1, -0.05) is 0 Å². The van der Waals surface area contributed by atoms with E-state index in [0.29, 0.717) is 6.54 Å². The summed E-state index contributed by atoms with van der Waals surface area (Å²) in [6.07, 6.45) is 2.58. The molecule has 0 radical (unpaired) electrons. The quantitative estimate of drug-likeness (QED) is 0.590. The van der Waals surface area contributed by atoms with Crippen LogP contribution < -0.4 is 10.6 Å². The van der Waals surface area contributed by atoms with E-state index in [9.17, 15) is 4.79 Å². The molecule has 1 aliphatic rings. The average molecular weight is 199 g/mol. The average Bonchev–Trinajstić information content (AvgIpc) is 2.95. The Morgan fingerprint density at radius 2 is 2.21 bits per heavy atom. The number of nitrogens with zero attached hydrogens (tertiary/aromatic N) is 1. The van der Waals surface area contributed by atoms with Gasteiger partial charge in [0.1, 0.15) is 0 Å². The summed E-state index contributed by atoms with van der Waals surface area (Å²) in [4.78, 5) is 13.4. The van der Waals surface area contributed by atoms with Crippen molar-refractivity contribution in [3.8, 4) is 0 Å². The molecule has 82 valence electrons. The Morgan fingerprint density at radius 3 is 2.79 bits per heavy atom. The zero-order chi connectivity index (χ0) is 10.4. The molecule has 1 rings (SSSR count). The van der Waals surface area contributed by atoms with Crippen molar-refractivity contribution in [2.75, 3.05) is 40.3 Å². The topological polar surface area (TPSA) is 44.4 Å². The fourth-order valence-electron chi connectivity index (χ4n) is 1.26. The molecule has 0 aromatic carbocycles. The van der Waals surface area contributed by atoms with Gasteiger partial charge in [0.25, 0.3) is 0 Å². The van der Waals surface area contributed by atoms with Crippen molar-refractivity contribution < 1.29 is 4.79 Å². The zero-order valence-corrected chi connectivity index (χ0v) is 9.18. The number of nitrogens with one attached hydrogen (secondary N) is 2. The molecule has 0 bridgehead atoms. The van der Waals surface area contributed by atoms with E-state index in [0.717, 1.165) is 25.6 Å². The summed E-state index contributed by atoms with van der Waals surface area (Å²) in [7, 11) is 3.88. The molecule has 0 heterocycles. The minimum Gasteiger partial charge on any atom is -0.355 e. The van der Waals surface area contributed by atoms with Gasteiger partial charge in [0.15, 0.2) is 0 Å². The number of hydrogen-bond acceptors (Lipinski definition) is 3. The van der Waals surface area contributed by atoms with E-state index in [1.165, 1.54) is 12.8 Å². The maximum Gasteiger partial charge on any atom is 0.234 e. The summed E-state index contributed by atoms with van der Waals surface area (Å²) in [5.74, 6) is 0.914. The molecule has 0 aromatic rings. The van der Waals surface area contributed by atoms with Gasteiger partial charge in [-0.3, -0.25) is 9.69 Å². The van der Waals surface area contributed by atoms with Gasteiger partial charge in [-0.25, -0.2) is 0 Å².